The molecule has 3 heterocycles. The maximum atomic E-state index is 13.0. The highest BCUT2D eigenvalue weighted by atomic mass is 16.2. The Morgan fingerprint density at radius 3 is 2.55 bits per heavy atom. The number of likely N-dealkylation sites (tertiary alicyclic amines) is 1. The van der Waals surface area contributed by atoms with Gasteiger partial charge in [0, 0.05) is 60.9 Å². The van der Waals surface area contributed by atoms with Crippen molar-refractivity contribution in [1.82, 2.24) is 19.7 Å². The number of aromatic amines is 1. The van der Waals surface area contributed by atoms with Gasteiger partial charge in [0.15, 0.2) is 0 Å². The number of aromatic nitrogens is 1. The quantitative estimate of drug-likeness (QED) is 0.868. The second kappa shape index (κ2) is 8.19. The van der Waals surface area contributed by atoms with Crippen LogP contribution >= 0.6 is 0 Å². The number of amides is 2. The first-order valence-electron chi connectivity index (χ1n) is 10.8. The number of hydrogen-bond acceptors (Lipinski definition) is 3. The van der Waals surface area contributed by atoms with E-state index in [2.05, 4.69) is 30.7 Å². The monoisotopic (exact) mass is 396 g/mol. The number of fused-ring (bicyclic) bond motifs is 1. The van der Waals surface area contributed by atoms with E-state index in [9.17, 15) is 9.59 Å². The Morgan fingerprint density at radius 1 is 1.07 bits per heavy atom. The molecule has 1 unspecified atom stereocenters. The predicted molar refractivity (Wildman–Crippen MR) is 115 cm³/mol. The largest absolute Gasteiger partial charge is 0.358 e. The number of hydrogen-bond donors (Lipinski definition) is 1. The van der Waals surface area contributed by atoms with E-state index in [1.807, 2.05) is 28.0 Å². The highest BCUT2D eigenvalue weighted by Crippen LogP contribution is 2.23. The molecule has 4 rings (SSSR count). The van der Waals surface area contributed by atoms with E-state index in [0.29, 0.717) is 25.7 Å². The van der Waals surface area contributed by atoms with Gasteiger partial charge in [0.05, 0.1) is 6.54 Å². The van der Waals surface area contributed by atoms with E-state index in [1.165, 1.54) is 12.0 Å². The van der Waals surface area contributed by atoms with Gasteiger partial charge in [0.1, 0.15) is 0 Å². The third-order valence-corrected chi connectivity index (χ3v) is 6.70. The molecule has 1 aromatic heterocycles. The molecule has 2 aromatic rings. The molecule has 6 nitrogen and oxygen atoms in total. The normalized spacial score (nSPS) is 21.0. The van der Waals surface area contributed by atoms with E-state index >= 15 is 0 Å². The minimum absolute atomic E-state index is 0.0841. The molecule has 0 saturated carbocycles. The lowest BCUT2D eigenvalue weighted by molar-refractivity contribution is -0.136. The fraction of sp³-hybridized carbons (Fsp3) is 0.565. The predicted octanol–water partition coefficient (Wildman–Crippen LogP) is 2.94. The molecule has 0 radical (unpaired) electrons. The van der Waals surface area contributed by atoms with Crippen molar-refractivity contribution in [2.24, 2.45) is 0 Å². The van der Waals surface area contributed by atoms with Crippen molar-refractivity contribution < 1.29 is 9.59 Å². The first-order chi connectivity index (χ1) is 13.9. The van der Waals surface area contributed by atoms with Gasteiger partial charge >= 0.3 is 0 Å². The molecule has 2 amide bonds. The number of nitrogens with one attached hydrogen (secondary N) is 1. The number of aryl methyl sites for hydroxylation is 2. The van der Waals surface area contributed by atoms with Crippen molar-refractivity contribution >= 4 is 22.7 Å². The van der Waals surface area contributed by atoms with Crippen LogP contribution in [0.2, 0.25) is 0 Å². The molecular weight excluding hydrogens is 364 g/mol. The summed E-state index contributed by atoms with van der Waals surface area (Å²) >= 11 is 0. The van der Waals surface area contributed by atoms with Crippen LogP contribution in [0.4, 0.5) is 0 Å². The first-order valence-corrected chi connectivity index (χ1v) is 10.8. The standard InChI is InChI=1S/C23H32N4O2/c1-16-6-4-5-9-27(16)22(28)15-25-10-12-26(13-11-25)23(29)19-7-8-21-20(14-19)17(2)18(3)24-21/h7-8,14,16,24H,4-6,9-13,15H2,1-3H3. The zero-order valence-corrected chi connectivity index (χ0v) is 17.8. The smallest absolute Gasteiger partial charge is 0.253 e. The highest BCUT2D eigenvalue weighted by molar-refractivity contribution is 5.99. The van der Waals surface area contributed by atoms with Gasteiger partial charge in [0.25, 0.3) is 5.91 Å². The van der Waals surface area contributed by atoms with Crippen LogP contribution < -0.4 is 0 Å². The lowest BCUT2D eigenvalue weighted by atomic mass is 10.0. The van der Waals surface area contributed by atoms with Crippen molar-refractivity contribution in [2.45, 2.75) is 46.1 Å². The minimum Gasteiger partial charge on any atom is -0.358 e. The summed E-state index contributed by atoms with van der Waals surface area (Å²) in [7, 11) is 0. The Hall–Kier alpha value is -2.34. The first kappa shape index (κ1) is 20.0. The van der Waals surface area contributed by atoms with E-state index < -0.39 is 0 Å². The lowest BCUT2D eigenvalue weighted by Gasteiger charge is -2.38. The molecule has 0 spiro atoms. The molecule has 6 heteroatoms. The summed E-state index contributed by atoms with van der Waals surface area (Å²) in [5.41, 5.74) is 4.16. The third kappa shape index (κ3) is 4.04. The van der Waals surface area contributed by atoms with Crippen molar-refractivity contribution in [3.8, 4) is 0 Å². The topological polar surface area (TPSA) is 59.7 Å². The average Bonchev–Trinajstić information content (AvgIpc) is 3.01. The van der Waals surface area contributed by atoms with Crippen LogP contribution in [-0.4, -0.2) is 76.8 Å². The van der Waals surface area contributed by atoms with Crippen LogP contribution in [-0.2, 0) is 4.79 Å². The van der Waals surface area contributed by atoms with Gasteiger partial charge < -0.3 is 14.8 Å². The van der Waals surface area contributed by atoms with Crippen molar-refractivity contribution in [2.75, 3.05) is 39.3 Å². The number of rotatable bonds is 3. The minimum atomic E-state index is 0.0841. The van der Waals surface area contributed by atoms with E-state index in [-0.39, 0.29) is 11.8 Å². The zero-order valence-electron chi connectivity index (χ0n) is 17.8. The van der Waals surface area contributed by atoms with Gasteiger partial charge in [-0.3, -0.25) is 14.5 Å². The van der Waals surface area contributed by atoms with E-state index in [0.717, 1.165) is 54.6 Å². The van der Waals surface area contributed by atoms with Crippen LogP contribution in [0.1, 0.15) is 47.8 Å². The Morgan fingerprint density at radius 2 is 1.83 bits per heavy atom. The summed E-state index contributed by atoms with van der Waals surface area (Å²) in [5.74, 6) is 0.321. The lowest BCUT2D eigenvalue weighted by Crippen LogP contribution is -2.53. The third-order valence-electron chi connectivity index (χ3n) is 6.70. The number of carbonyl (C=O) groups is 2. The summed E-state index contributed by atoms with van der Waals surface area (Å²) in [6.45, 7) is 10.5. The van der Waals surface area contributed by atoms with Crippen LogP contribution in [0.25, 0.3) is 10.9 Å². The Balaban J connectivity index is 1.35. The van der Waals surface area contributed by atoms with Gasteiger partial charge in [-0.15, -0.1) is 0 Å². The number of piperidine rings is 1. The second-order valence-electron chi connectivity index (χ2n) is 8.64. The maximum absolute atomic E-state index is 13.0. The molecule has 1 N–H and O–H groups in total. The number of piperazine rings is 1. The molecule has 156 valence electrons. The summed E-state index contributed by atoms with van der Waals surface area (Å²) < 4.78 is 0. The number of carbonyl (C=O) groups excluding carboxylic acids is 2. The zero-order chi connectivity index (χ0) is 20.5. The van der Waals surface area contributed by atoms with Crippen molar-refractivity contribution in [3.63, 3.8) is 0 Å². The molecule has 1 atom stereocenters. The molecule has 2 saturated heterocycles. The van der Waals surface area contributed by atoms with E-state index in [4.69, 9.17) is 0 Å². The molecule has 2 aliphatic rings. The van der Waals surface area contributed by atoms with Crippen LogP contribution in [0, 0.1) is 13.8 Å². The summed E-state index contributed by atoms with van der Waals surface area (Å²) in [5, 5.41) is 1.12. The molecule has 2 fully saturated rings. The molecule has 1 aromatic carbocycles. The van der Waals surface area contributed by atoms with Crippen molar-refractivity contribution in [3.05, 3.63) is 35.0 Å². The molecule has 2 aliphatic heterocycles. The molecular formula is C23H32N4O2. The summed E-state index contributed by atoms with van der Waals surface area (Å²) in [6, 6.07) is 6.27. The van der Waals surface area contributed by atoms with Crippen LogP contribution in [0.5, 0.6) is 0 Å². The van der Waals surface area contributed by atoms with Crippen molar-refractivity contribution in [1.29, 1.82) is 0 Å². The van der Waals surface area contributed by atoms with Crippen LogP contribution in [0.3, 0.4) is 0 Å². The SMILES string of the molecule is Cc1[nH]c2ccc(C(=O)N3CCN(CC(=O)N4CCCCC4C)CC3)cc2c1C. The van der Waals surface area contributed by atoms with Gasteiger partial charge in [-0.2, -0.15) is 0 Å². The Labute approximate surface area is 172 Å². The van der Waals surface area contributed by atoms with Gasteiger partial charge in [-0.05, 0) is 63.8 Å². The van der Waals surface area contributed by atoms with Gasteiger partial charge in [-0.1, -0.05) is 0 Å². The number of nitrogens with zero attached hydrogens (tertiary/aromatic N) is 3. The second-order valence-corrected chi connectivity index (χ2v) is 8.64. The Kier molecular flexibility index (Phi) is 5.63. The fourth-order valence-electron chi connectivity index (χ4n) is 4.64. The van der Waals surface area contributed by atoms with Crippen LogP contribution in [0.15, 0.2) is 18.2 Å². The van der Waals surface area contributed by atoms with Gasteiger partial charge in [-0.25, -0.2) is 0 Å². The highest BCUT2D eigenvalue weighted by Gasteiger charge is 2.27. The summed E-state index contributed by atoms with van der Waals surface area (Å²) in [4.78, 5) is 35.2. The molecule has 0 bridgehead atoms. The number of benzene rings is 1. The average molecular weight is 397 g/mol. The number of H-pyrrole nitrogens is 1. The Bertz CT molecular complexity index is 911. The van der Waals surface area contributed by atoms with Gasteiger partial charge in [0.2, 0.25) is 5.91 Å². The summed E-state index contributed by atoms with van der Waals surface area (Å²) in [6.07, 6.45) is 3.45. The fourth-order valence-corrected chi connectivity index (χ4v) is 4.64. The van der Waals surface area contributed by atoms with E-state index in [1.54, 1.807) is 0 Å². The molecule has 0 aliphatic carbocycles. The molecule has 29 heavy (non-hydrogen) atoms. The maximum Gasteiger partial charge on any atom is 0.253 e.